The first-order valence-electron chi connectivity index (χ1n) is 11.8. The topological polar surface area (TPSA) is 104 Å². The number of aromatic nitrogens is 3. The number of nitrogens with one attached hydrogen (secondary N) is 4. The number of rotatable bonds is 7. The van der Waals surface area contributed by atoms with Gasteiger partial charge in [0.1, 0.15) is 22.9 Å². The van der Waals surface area contributed by atoms with E-state index in [2.05, 4.69) is 62.2 Å². The van der Waals surface area contributed by atoms with E-state index in [1.165, 1.54) is 31.2 Å². The van der Waals surface area contributed by atoms with Gasteiger partial charge in [0.25, 0.3) is 5.91 Å². The van der Waals surface area contributed by atoms with Gasteiger partial charge in [0, 0.05) is 36.9 Å². The van der Waals surface area contributed by atoms with Crippen molar-refractivity contribution in [1.29, 1.82) is 0 Å². The maximum atomic E-state index is 14.4. The molecular formula is C26H32FN7O. The second-order valence-corrected chi connectivity index (χ2v) is 9.81. The van der Waals surface area contributed by atoms with Crippen molar-refractivity contribution in [2.45, 2.75) is 52.2 Å². The molecule has 3 heterocycles. The third kappa shape index (κ3) is 5.57. The molecule has 0 radical (unpaired) electrons. The van der Waals surface area contributed by atoms with Crippen molar-refractivity contribution in [2.24, 2.45) is 0 Å². The molecule has 9 heteroatoms. The molecule has 0 fully saturated rings. The Hall–Kier alpha value is -3.59. The third-order valence-electron chi connectivity index (χ3n) is 5.95. The molecule has 4 N–H and O–H groups in total. The number of fused-ring (bicyclic) bond motifs is 1. The lowest BCUT2D eigenvalue weighted by Crippen LogP contribution is -2.38. The molecule has 4 rings (SSSR count). The molecule has 0 aliphatic carbocycles. The molecule has 184 valence electrons. The first-order valence-corrected chi connectivity index (χ1v) is 11.8. The van der Waals surface area contributed by atoms with Crippen LogP contribution in [0.2, 0.25) is 0 Å². The van der Waals surface area contributed by atoms with Gasteiger partial charge in [-0.15, -0.1) is 0 Å². The Morgan fingerprint density at radius 3 is 2.71 bits per heavy atom. The Labute approximate surface area is 205 Å². The van der Waals surface area contributed by atoms with Crippen molar-refractivity contribution in [3.63, 3.8) is 0 Å². The third-order valence-corrected chi connectivity index (χ3v) is 5.95. The van der Waals surface area contributed by atoms with Crippen molar-refractivity contribution in [1.82, 2.24) is 25.6 Å². The van der Waals surface area contributed by atoms with Crippen LogP contribution in [0, 0.1) is 0 Å². The molecule has 1 amide bonds. The van der Waals surface area contributed by atoms with Crippen molar-refractivity contribution in [2.75, 3.05) is 23.7 Å². The van der Waals surface area contributed by atoms with E-state index in [-0.39, 0.29) is 28.4 Å². The second-order valence-electron chi connectivity index (χ2n) is 9.81. The standard InChI is InChI=1S/C26H32FN7O/c1-6-29-23(35)18-14-30-24(31-17-10-11-19-16(12-17)13-28-15-25(19,2)3)34-22(18)33-21-9-7-8-20(32-21)26(4,5)27/h7-12,14,28H,6,13,15H2,1-5H3,(H,29,35)(H2,30,31,32,33,34). The fourth-order valence-corrected chi connectivity index (χ4v) is 4.13. The van der Waals surface area contributed by atoms with Gasteiger partial charge in [0.15, 0.2) is 0 Å². The number of hydrogen-bond acceptors (Lipinski definition) is 7. The van der Waals surface area contributed by atoms with E-state index in [1.54, 1.807) is 18.2 Å². The Morgan fingerprint density at radius 2 is 1.97 bits per heavy atom. The fourth-order valence-electron chi connectivity index (χ4n) is 4.13. The van der Waals surface area contributed by atoms with Crippen LogP contribution in [0.5, 0.6) is 0 Å². The van der Waals surface area contributed by atoms with Gasteiger partial charge in [-0.25, -0.2) is 14.4 Å². The predicted octanol–water partition coefficient (Wildman–Crippen LogP) is 4.69. The normalized spacial score (nSPS) is 14.7. The van der Waals surface area contributed by atoms with Gasteiger partial charge < -0.3 is 21.3 Å². The van der Waals surface area contributed by atoms with E-state index in [4.69, 9.17) is 0 Å². The van der Waals surface area contributed by atoms with Crippen LogP contribution in [0.25, 0.3) is 0 Å². The Balaban J connectivity index is 1.65. The molecule has 0 spiro atoms. The predicted molar refractivity (Wildman–Crippen MR) is 136 cm³/mol. The highest BCUT2D eigenvalue weighted by molar-refractivity contribution is 5.99. The first-order chi connectivity index (χ1) is 16.6. The highest BCUT2D eigenvalue weighted by Crippen LogP contribution is 2.32. The van der Waals surface area contributed by atoms with E-state index in [9.17, 15) is 9.18 Å². The fraction of sp³-hybridized carbons (Fsp3) is 0.385. The highest BCUT2D eigenvalue weighted by Gasteiger charge is 2.27. The number of nitrogens with zero attached hydrogens (tertiary/aromatic N) is 3. The second kappa shape index (κ2) is 9.58. The number of hydrogen-bond donors (Lipinski definition) is 4. The van der Waals surface area contributed by atoms with E-state index in [0.29, 0.717) is 18.3 Å². The molecule has 0 unspecified atom stereocenters. The van der Waals surface area contributed by atoms with Gasteiger partial charge in [-0.3, -0.25) is 4.79 Å². The molecule has 2 aromatic heterocycles. The summed E-state index contributed by atoms with van der Waals surface area (Å²) in [5.41, 5.74) is 2.38. The molecule has 0 saturated carbocycles. The van der Waals surface area contributed by atoms with Crippen LogP contribution in [-0.2, 0) is 17.6 Å². The SMILES string of the molecule is CCNC(=O)c1cnc(Nc2ccc3c(c2)CNCC3(C)C)nc1Nc1cccc(C(C)(C)F)n1. The summed E-state index contributed by atoms with van der Waals surface area (Å²) in [5, 5.41) is 12.5. The molecule has 3 aromatic rings. The lowest BCUT2D eigenvalue weighted by molar-refractivity contribution is 0.0956. The molecule has 1 aliphatic heterocycles. The molecule has 8 nitrogen and oxygen atoms in total. The summed E-state index contributed by atoms with van der Waals surface area (Å²) in [6.45, 7) is 11.4. The lowest BCUT2D eigenvalue weighted by atomic mass is 9.79. The molecule has 1 aromatic carbocycles. The summed E-state index contributed by atoms with van der Waals surface area (Å²) < 4.78 is 14.4. The zero-order valence-corrected chi connectivity index (χ0v) is 20.8. The van der Waals surface area contributed by atoms with Gasteiger partial charge in [-0.05, 0) is 56.2 Å². The smallest absolute Gasteiger partial charge is 0.256 e. The van der Waals surface area contributed by atoms with E-state index < -0.39 is 5.67 Å². The van der Waals surface area contributed by atoms with Crippen LogP contribution in [0.1, 0.15) is 61.8 Å². The van der Waals surface area contributed by atoms with Crippen LogP contribution in [0.3, 0.4) is 0 Å². The number of anilines is 4. The first kappa shape index (κ1) is 24.5. The number of halogens is 1. The molecule has 35 heavy (non-hydrogen) atoms. The Bertz CT molecular complexity index is 1240. The zero-order valence-electron chi connectivity index (χ0n) is 20.8. The van der Waals surface area contributed by atoms with Crippen LogP contribution in [0.4, 0.5) is 27.7 Å². The number of alkyl halides is 1. The van der Waals surface area contributed by atoms with E-state index in [1.807, 2.05) is 13.0 Å². The molecule has 0 bridgehead atoms. The van der Waals surface area contributed by atoms with E-state index >= 15 is 0 Å². The quantitative estimate of drug-likeness (QED) is 0.391. The zero-order chi connectivity index (χ0) is 25.2. The Kier molecular flexibility index (Phi) is 6.71. The van der Waals surface area contributed by atoms with Gasteiger partial charge in [-0.2, -0.15) is 4.98 Å². The largest absolute Gasteiger partial charge is 0.352 e. The van der Waals surface area contributed by atoms with Gasteiger partial charge >= 0.3 is 0 Å². The monoisotopic (exact) mass is 477 g/mol. The summed E-state index contributed by atoms with van der Waals surface area (Å²) in [7, 11) is 0. The van der Waals surface area contributed by atoms with Crippen molar-refractivity contribution in [3.05, 3.63) is 65.0 Å². The summed E-state index contributed by atoms with van der Waals surface area (Å²) in [6.07, 6.45) is 1.47. The van der Waals surface area contributed by atoms with Crippen molar-refractivity contribution < 1.29 is 9.18 Å². The van der Waals surface area contributed by atoms with Gasteiger partial charge in [0.2, 0.25) is 5.95 Å². The lowest BCUT2D eigenvalue weighted by Gasteiger charge is -2.33. The Morgan fingerprint density at radius 1 is 1.17 bits per heavy atom. The summed E-state index contributed by atoms with van der Waals surface area (Å²) in [4.78, 5) is 25.9. The summed E-state index contributed by atoms with van der Waals surface area (Å²) in [5.74, 6) is 0.664. The van der Waals surface area contributed by atoms with Gasteiger partial charge in [0.05, 0.1) is 5.69 Å². The number of pyridine rings is 1. The minimum Gasteiger partial charge on any atom is -0.352 e. The number of carbonyl (C=O) groups is 1. The maximum absolute atomic E-state index is 14.4. The number of benzene rings is 1. The van der Waals surface area contributed by atoms with Crippen molar-refractivity contribution in [3.8, 4) is 0 Å². The number of carbonyl (C=O) groups excluding carboxylic acids is 1. The number of amides is 1. The maximum Gasteiger partial charge on any atom is 0.256 e. The van der Waals surface area contributed by atoms with Crippen LogP contribution in [-0.4, -0.2) is 33.9 Å². The van der Waals surface area contributed by atoms with Crippen LogP contribution < -0.4 is 21.3 Å². The molecule has 0 atom stereocenters. The summed E-state index contributed by atoms with van der Waals surface area (Å²) in [6, 6.07) is 11.3. The molecule has 1 aliphatic rings. The highest BCUT2D eigenvalue weighted by atomic mass is 19.1. The minimum absolute atomic E-state index is 0.0592. The minimum atomic E-state index is -1.60. The molecular weight excluding hydrogens is 445 g/mol. The average molecular weight is 478 g/mol. The van der Waals surface area contributed by atoms with Crippen LogP contribution in [0.15, 0.2) is 42.6 Å². The molecule has 0 saturated heterocycles. The average Bonchev–Trinajstić information content (AvgIpc) is 2.79. The van der Waals surface area contributed by atoms with Gasteiger partial charge in [-0.1, -0.05) is 26.0 Å². The van der Waals surface area contributed by atoms with E-state index in [0.717, 1.165) is 18.8 Å². The van der Waals surface area contributed by atoms with Crippen molar-refractivity contribution >= 4 is 29.2 Å². The van der Waals surface area contributed by atoms with Crippen LogP contribution >= 0.6 is 0 Å². The summed E-state index contributed by atoms with van der Waals surface area (Å²) >= 11 is 0.